The van der Waals surface area contributed by atoms with Gasteiger partial charge >= 0.3 is 11.9 Å². The van der Waals surface area contributed by atoms with Gasteiger partial charge in [0.05, 0.1) is 14.2 Å². The van der Waals surface area contributed by atoms with E-state index in [1.807, 2.05) is 0 Å². The highest BCUT2D eigenvalue weighted by Gasteiger charge is 2.53. The monoisotopic (exact) mass is 666 g/mol. The molecule has 5 rings (SSSR count). The fourth-order valence-corrected chi connectivity index (χ4v) is 5.44. The normalized spacial score (nSPS) is 31.0. The predicted molar refractivity (Wildman–Crippen MR) is 151 cm³/mol. The van der Waals surface area contributed by atoms with Crippen molar-refractivity contribution >= 4 is 22.9 Å². The van der Waals surface area contributed by atoms with E-state index >= 15 is 0 Å². The zero-order valence-electron chi connectivity index (χ0n) is 24.4. The van der Waals surface area contributed by atoms with E-state index < -0.39 is 84.3 Å². The van der Waals surface area contributed by atoms with Crippen LogP contribution in [0.1, 0.15) is 11.7 Å². The lowest BCUT2D eigenvalue weighted by molar-refractivity contribution is -0.335. The number of carboxylic acids is 2. The lowest BCUT2D eigenvalue weighted by atomic mass is 9.90. The van der Waals surface area contributed by atoms with E-state index in [4.69, 9.17) is 28.1 Å². The third-order valence-corrected chi connectivity index (χ3v) is 7.86. The van der Waals surface area contributed by atoms with E-state index in [1.165, 1.54) is 26.4 Å². The SMILES string of the molecule is COc1cc(-c2cc(=O)c3c(O)cc([C@@H]4O[C@H](C(=O)O)[C@@H](O)[C@H](O)[C@H]4O[C@@H]4O[C@H](C(=O)O)[C@@H](O)[C@H](O)[C@H]4O)cc3o2)cc(OC)c1O. The number of rotatable bonds is 8. The highest BCUT2D eigenvalue weighted by atomic mass is 16.7. The number of fused-ring (bicyclic) bond motifs is 1. The van der Waals surface area contributed by atoms with Crippen molar-refractivity contribution in [3.05, 3.63) is 46.1 Å². The average molecular weight is 667 g/mol. The van der Waals surface area contributed by atoms with Gasteiger partial charge in [0.15, 0.2) is 35.4 Å². The van der Waals surface area contributed by atoms with Crippen molar-refractivity contribution in [2.24, 2.45) is 0 Å². The summed E-state index contributed by atoms with van der Waals surface area (Å²) in [6, 6.07) is 5.81. The number of phenols is 2. The standard InChI is InChI=1S/C29H30O18/c1-42-14-4-8(5-15(43-2)17(14)32)12-7-11(31)16-10(30)3-9(6-13(16)44-12)23-24(20(35)21(36)25(45-23)27(38)39)46-29-22(37)18(33)19(34)26(47-29)28(40)41/h3-7,18-26,29-30,32-37H,1-2H3,(H,38,39)(H,40,41)/t18-,19-,20-,21-,22+,23-,24+,25-,26-,29+/m0/s1. The third-order valence-electron chi connectivity index (χ3n) is 7.86. The van der Waals surface area contributed by atoms with Crippen LogP contribution in [-0.4, -0.2) is 127 Å². The van der Waals surface area contributed by atoms with Crippen LogP contribution in [0.15, 0.2) is 39.5 Å². The number of hydrogen-bond donors (Lipinski definition) is 9. The molecule has 0 bridgehead atoms. The Morgan fingerprint density at radius 3 is 1.89 bits per heavy atom. The molecule has 10 atom stereocenters. The lowest BCUT2D eigenvalue weighted by Gasteiger charge is -2.45. The fraction of sp³-hybridized carbons (Fsp3) is 0.414. The van der Waals surface area contributed by atoms with Gasteiger partial charge in [0.1, 0.15) is 65.2 Å². The number of carbonyl (C=O) groups is 2. The average Bonchev–Trinajstić information content (AvgIpc) is 3.02. The number of aromatic hydroxyl groups is 2. The van der Waals surface area contributed by atoms with Crippen molar-refractivity contribution in [2.45, 2.75) is 61.2 Å². The van der Waals surface area contributed by atoms with Gasteiger partial charge < -0.3 is 74.1 Å². The molecule has 2 aliphatic rings. The first-order valence-electron chi connectivity index (χ1n) is 13.8. The number of benzene rings is 2. The van der Waals surface area contributed by atoms with Gasteiger partial charge in [0, 0.05) is 11.6 Å². The Labute approximate surface area is 262 Å². The molecule has 0 saturated carbocycles. The minimum absolute atomic E-state index is 0.0311. The molecule has 0 radical (unpaired) electrons. The maximum Gasteiger partial charge on any atom is 0.335 e. The Bertz CT molecular complexity index is 1710. The first-order valence-corrected chi connectivity index (χ1v) is 13.8. The lowest BCUT2D eigenvalue weighted by Crippen LogP contribution is -2.63. The molecule has 1 aromatic heterocycles. The largest absolute Gasteiger partial charge is 0.507 e. The van der Waals surface area contributed by atoms with Gasteiger partial charge in [-0.1, -0.05) is 0 Å². The zero-order chi connectivity index (χ0) is 34.5. The second-order valence-corrected chi connectivity index (χ2v) is 10.7. The Balaban J connectivity index is 1.61. The van der Waals surface area contributed by atoms with Crippen LogP contribution in [0.5, 0.6) is 23.0 Å². The molecule has 2 fully saturated rings. The number of carboxylic acid groups (broad SMARTS) is 2. The quantitative estimate of drug-likeness (QED) is 0.131. The van der Waals surface area contributed by atoms with Gasteiger partial charge in [-0.3, -0.25) is 4.79 Å². The number of methoxy groups -OCH3 is 2. The zero-order valence-corrected chi connectivity index (χ0v) is 24.4. The Morgan fingerprint density at radius 2 is 1.32 bits per heavy atom. The second kappa shape index (κ2) is 12.9. The van der Waals surface area contributed by atoms with Crippen molar-refractivity contribution in [1.29, 1.82) is 0 Å². The minimum Gasteiger partial charge on any atom is -0.507 e. The molecule has 0 unspecified atom stereocenters. The molecular weight excluding hydrogens is 636 g/mol. The van der Waals surface area contributed by atoms with Gasteiger partial charge in [0.25, 0.3) is 0 Å². The van der Waals surface area contributed by atoms with E-state index in [0.29, 0.717) is 0 Å². The number of hydrogen-bond acceptors (Lipinski definition) is 16. The van der Waals surface area contributed by atoms with Gasteiger partial charge in [-0.15, -0.1) is 0 Å². The molecule has 3 aromatic rings. The molecular formula is C29H30O18. The van der Waals surface area contributed by atoms with E-state index in [2.05, 4.69) is 0 Å². The predicted octanol–water partition coefficient (Wildman–Crippen LogP) is -1.59. The van der Waals surface area contributed by atoms with Crippen molar-refractivity contribution in [3.63, 3.8) is 0 Å². The molecule has 254 valence electrons. The van der Waals surface area contributed by atoms with Crippen molar-refractivity contribution < 1.29 is 83.6 Å². The highest BCUT2D eigenvalue weighted by Crippen LogP contribution is 2.42. The first kappa shape index (κ1) is 33.8. The molecule has 9 N–H and O–H groups in total. The van der Waals surface area contributed by atoms with Crippen LogP contribution >= 0.6 is 0 Å². The summed E-state index contributed by atoms with van der Waals surface area (Å²) in [7, 11) is 2.55. The Morgan fingerprint density at radius 1 is 0.745 bits per heavy atom. The number of aliphatic hydroxyl groups is 5. The molecule has 0 amide bonds. The maximum absolute atomic E-state index is 13.1. The molecule has 18 nitrogen and oxygen atoms in total. The number of aliphatic hydroxyl groups excluding tert-OH is 5. The van der Waals surface area contributed by atoms with Crippen molar-refractivity contribution in [2.75, 3.05) is 14.2 Å². The topological polar surface area (TPSA) is 293 Å². The number of ether oxygens (including phenoxy) is 5. The summed E-state index contributed by atoms with van der Waals surface area (Å²) in [4.78, 5) is 36.6. The van der Waals surface area contributed by atoms with E-state index in [0.717, 1.165) is 18.2 Å². The molecule has 2 aromatic carbocycles. The van der Waals surface area contributed by atoms with E-state index in [1.54, 1.807) is 0 Å². The minimum atomic E-state index is -2.15. The Kier molecular flexibility index (Phi) is 9.31. The molecule has 2 saturated heterocycles. The fourth-order valence-electron chi connectivity index (χ4n) is 5.44. The summed E-state index contributed by atoms with van der Waals surface area (Å²) in [6.07, 6.45) is -20.5. The van der Waals surface area contributed by atoms with Crippen LogP contribution in [0.25, 0.3) is 22.3 Å². The third kappa shape index (κ3) is 6.03. The summed E-state index contributed by atoms with van der Waals surface area (Å²) < 4.78 is 32.5. The number of phenolic OH excluding ortho intramolecular Hbond substituents is 2. The summed E-state index contributed by atoms with van der Waals surface area (Å²) in [5.74, 6) is -4.64. The van der Waals surface area contributed by atoms with Crippen LogP contribution in [-0.2, 0) is 23.8 Å². The Hall–Kier alpha value is -4.53. The van der Waals surface area contributed by atoms with Gasteiger partial charge in [-0.25, -0.2) is 9.59 Å². The van der Waals surface area contributed by atoms with Gasteiger partial charge in [-0.05, 0) is 29.8 Å². The number of aliphatic carboxylic acids is 2. The summed E-state index contributed by atoms with van der Waals surface area (Å²) in [5, 5.41) is 92.1. The van der Waals surface area contributed by atoms with Crippen LogP contribution in [0.4, 0.5) is 0 Å². The van der Waals surface area contributed by atoms with E-state index in [-0.39, 0.29) is 45.1 Å². The van der Waals surface area contributed by atoms with Gasteiger partial charge in [0.2, 0.25) is 5.75 Å². The van der Waals surface area contributed by atoms with Crippen LogP contribution in [0, 0.1) is 0 Å². The summed E-state index contributed by atoms with van der Waals surface area (Å²) in [5.41, 5.74) is -1.03. The molecule has 18 heteroatoms. The van der Waals surface area contributed by atoms with Gasteiger partial charge in [-0.2, -0.15) is 0 Å². The van der Waals surface area contributed by atoms with Crippen LogP contribution in [0.2, 0.25) is 0 Å². The highest BCUT2D eigenvalue weighted by molar-refractivity contribution is 5.86. The molecule has 0 spiro atoms. The molecule has 0 aliphatic carbocycles. The molecule has 2 aliphatic heterocycles. The maximum atomic E-state index is 13.1. The van der Waals surface area contributed by atoms with Crippen molar-refractivity contribution in [1.82, 2.24) is 0 Å². The molecule has 3 heterocycles. The first-order chi connectivity index (χ1) is 22.2. The van der Waals surface area contributed by atoms with E-state index in [9.17, 15) is 60.3 Å². The van der Waals surface area contributed by atoms with Crippen LogP contribution < -0.4 is 14.9 Å². The van der Waals surface area contributed by atoms with Crippen LogP contribution in [0.3, 0.4) is 0 Å². The second-order valence-electron chi connectivity index (χ2n) is 10.7. The summed E-state index contributed by atoms with van der Waals surface area (Å²) in [6.45, 7) is 0. The smallest absolute Gasteiger partial charge is 0.335 e. The molecule has 47 heavy (non-hydrogen) atoms. The summed E-state index contributed by atoms with van der Waals surface area (Å²) >= 11 is 0. The van der Waals surface area contributed by atoms with Crippen molar-refractivity contribution in [3.8, 4) is 34.3 Å².